The quantitative estimate of drug-likeness (QED) is 0.894. The number of para-hydroxylation sites is 1. The summed E-state index contributed by atoms with van der Waals surface area (Å²) in [5.41, 5.74) is 5.65. The molecule has 4 heteroatoms. The number of halogens is 1. The first kappa shape index (κ1) is 11.4. The van der Waals surface area contributed by atoms with Crippen LogP contribution < -0.4 is 15.3 Å². The van der Waals surface area contributed by atoms with Gasteiger partial charge in [-0.05, 0) is 30.3 Å². The number of rotatable bonds is 2. The number of nitrogens with zero attached hydrogens (tertiary/aromatic N) is 2. The topological polar surface area (TPSA) is 18.5 Å². The Balaban J connectivity index is 1.76. The highest BCUT2D eigenvalue weighted by atomic mass is 35.5. The number of hydrogen-bond donors (Lipinski definition) is 1. The van der Waals surface area contributed by atoms with Crippen LogP contribution >= 0.6 is 11.6 Å². The summed E-state index contributed by atoms with van der Waals surface area (Å²) >= 11 is 6.01. The second kappa shape index (κ2) is 4.88. The standard InChI is InChI=1S/C14H14ClN3/c15-12-5-4-8-14(9-12)18-11-17(10-16-18)13-6-2-1-3-7-13/h1-9,16H,10-11H2. The maximum atomic E-state index is 6.01. The Morgan fingerprint density at radius 1 is 0.944 bits per heavy atom. The van der Waals surface area contributed by atoms with Gasteiger partial charge in [-0.15, -0.1) is 0 Å². The predicted molar refractivity (Wildman–Crippen MR) is 75.7 cm³/mol. The molecule has 1 aliphatic rings. The van der Waals surface area contributed by atoms with Crippen molar-refractivity contribution in [1.82, 2.24) is 5.43 Å². The molecular weight excluding hydrogens is 246 g/mol. The molecule has 3 rings (SSSR count). The summed E-state index contributed by atoms with van der Waals surface area (Å²) in [6.07, 6.45) is 0. The van der Waals surface area contributed by atoms with Gasteiger partial charge in [-0.2, -0.15) is 0 Å². The largest absolute Gasteiger partial charge is 0.338 e. The third kappa shape index (κ3) is 2.28. The van der Waals surface area contributed by atoms with E-state index in [4.69, 9.17) is 11.6 Å². The lowest BCUT2D eigenvalue weighted by Gasteiger charge is -2.19. The van der Waals surface area contributed by atoms with Gasteiger partial charge in [0.1, 0.15) is 6.67 Å². The fourth-order valence-corrected chi connectivity index (χ4v) is 2.25. The smallest absolute Gasteiger partial charge is 0.107 e. The average Bonchev–Trinajstić information content (AvgIpc) is 2.89. The zero-order valence-electron chi connectivity index (χ0n) is 9.88. The summed E-state index contributed by atoms with van der Waals surface area (Å²) < 4.78 is 0. The van der Waals surface area contributed by atoms with Crippen LogP contribution in [0.1, 0.15) is 0 Å². The zero-order valence-corrected chi connectivity index (χ0v) is 10.6. The Labute approximate surface area is 112 Å². The molecule has 0 aromatic heterocycles. The molecule has 2 aromatic rings. The third-order valence-electron chi connectivity index (χ3n) is 3.01. The van der Waals surface area contributed by atoms with Crippen LogP contribution in [0, 0.1) is 0 Å². The summed E-state index contributed by atoms with van der Waals surface area (Å²) in [7, 11) is 0. The van der Waals surface area contributed by atoms with Crippen LogP contribution in [-0.2, 0) is 0 Å². The monoisotopic (exact) mass is 259 g/mol. The number of anilines is 2. The van der Waals surface area contributed by atoms with Crippen LogP contribution in [0.5, 0.6) is 0 Å². The minimum absolute atomic E-state index is 0.757. The molecule has 1 N–H and O–H groups in total. The summed E-state index contributed by atoms with van der Waals surface area (Å²) in [6.45, 7) is 1.61. The van der Waals surface area contributed by atoms with Gasteiger partial charge in [0.2, 0.25) is 0 Å². The van der Waals surface area contributed by atoms with E-state index in [2.05, 4.69) is 39.6 Å². The molecule has 92 valence electrons. The van der Waals surface area contributed by atoms with E-state index in [1.165, 1.54) is 5.69 Å². The van der Waals surface area contributed by atoms with Crippen LogP contribution in [0.2, 0.25) is 5.02 Å². The van der Waals surface area contributed by atoms with Crippen molar-refractivity contribution in [3.8, 4) is 0 Å². The molecule has 0 spiro atoms. The van der Waals surface area contributed by atoms with Crippen molar-refractivity contribution in [2.24, 2.45) is 0 Å². The van der Waals surface area contributed by atoms with Crippen LogP contribution in [0.25, 0.3) is 0 Å². The Morgan fingerprint density at radius 3 is 2.50 bits per heavy atom. The molecule has 0 amide bonds. The second-order valence-corrected chi connectivity index (χ2v) is 4.68. The van der Waals surface area contributed by atoms with Gasteiger partial charge >= 0.3 is 0 Å². The van der Waals surface area contributed by atoms with Crippen molar-refractivity contribution in [2.45, 2.75) is 0 Å². The number of benzene rings is 2. The molecule has 0 atom stereocenters. The normalized spacial score (nSPS) is 15.2. The maximum absolute atomic E-state index is 6.01. The Morgan fingerprint density at radius 2 is 1.72 bits per heavy atom. The SMILES string of the molecule is Clc1cccc(N2CN(c3ccccc3)CN2)c1. The summed E-state index contributed by atoms with van der Waals surface area (Å²) in [5.74, 6) is 0. The molecule has 18 heavy (non-hydrogen) atoms. The van der Waals surface area contributed by atoms with E-state index in [9.17, 15) is 0 Å². The first-order valence-electron chi connectivity index (χ1n) is 5.89. The molecule has 0 bridgehead atoms. The lowest BCUT2D eigenvalue weighted by Crippen LogP contribution is -2.30. The second-order valence-electron chi connectivity index (χ2n) is 4.24. The van der Waals surface area contributed by atoms with Crippen LogP contribution in [0.3, 0.4) is 0 Å². The minimum Gasteiger partial charge on any atom is -0.338 e. The fourth-order valence-electron chi connectivity index (χ4n) is 2.07. The van der Waals surface area contributed by atoms with Gasteiger partial charge < -0.3 is 4.90 Å². The maximum Gasteiger partial charge on any atom is 0.107 e. The Bertz CT molecular complexity index is 530. The highest BCUT2D eigenvalue weighted by molar-refractivity contribution is 6.30. The van der Waals surface area contributed by atoms with Gasteiger partial charge in [0.15, 0.2) is 0 Å². The highest BCUT2D eigenvalue weighted by Crippen LogP contribution is 2.22. The predicted octanol–water partition coefficient (Wildman–Crippen LogP) is 3.09. The molecular formula is C14H14ClN3. The van der Waals surface area contributed by atoms with Gasteiger partial charge in [-0.1, -0.05) is 35.9 Å². The van der Waals surface area contributed by atoms with E-state index >= 15 is 0 Å². The molecule has 1 aliphatic heterocycles. The van der Waals surface area contributed by atoms with Crippen molar-refractivity contribution in [3.05, 3.63) is 59.6 Å². The van der Waals surface area contributed by atoms with E-state index in [0.717, 1.165) is 24.0 Å². The lowest BCUT2D eigenvalue weighted by molar-refractivity contribution is 0.787. The Kier molecular flexibility index (Phi) is 3.09. The summed E-state index contributed by atoms with van der Waals surface area (Å²) in [5, 5.41) is 2.85. The molecule has 0 aliphatic carbocycles. The van der Waals surface area contributed by atoms with Gasteiger partial charge in [-0.3, -0.25) is 5.01 Å². The first-order valence-corrected chi connectivity index (χ1v) is 6.27. The van der Waals surface area contributed by atoms with Crippen molar-refractivity contribution in [2.75, 3.05) is 23.2 Å². The number of hydrogen-bond acceptors (Lipinski definition) is 3. The van der Waals surface area contributed by atoms with Crippen LogP contribution in [0.4, 0.5) is 11.4 Å². The first-order chi connectivity index (χ1) is 8.83. The van der Waals surface area contributed by atoms with Crippen molar-refractivity contribution >= 4 is 23.0 Å². The van der Waals surface area contributed by atoms with E-state index < -0.39 is 0 Å². The van der Waals surface area contributed by atoms with Gasteiger partial charge in [0.05, 0.1) is 12.4 Å². The van der Waals surface area contributed by atoms with Crippen LogP contribution in [0.15, 0.2) is 54.6 Å². The summed E-state index contributed by atoms with van der Waals surface area (Å²) in [6, 6.07) is 18.2. The van der Waals surface area contributed by atoms with Gasteiger partial charge in [0, 0.05) is 10.7 Å². The number of hydrazine groups is 1. The molecule has 1 saturated heterocycles. The van der Waals surface area contributed by atoms with E-state index in [-0.39, 0.29) is 0 Å². The lowest BCUT2D eigenvalue weighted by atomic mass is 10.3. The van der Waals surface area contributed by atoms with Gasteiger partial charge in [0.25, 0.3) is 0 Å². The van der Waals surface area contributed by atoms with E-state index in [0.29, 0.717) is 0 Å². The molecule has 0 radical (unpaired) electrons. The van der Waals surface area contributed by atoms with E-state index in [1.807, 2.05) is 30.3 Å². The number of nitrogens with one attached hydrogen (secondary N) is 1. The van der Waals surface area contributed by atoms with Crippen LogP contribution in [-0.4, -0.2) is 13.3 Å². The fraction of sp³-hybridized carbons (Fsp3) is 0.143. The highest BCUT2D eigenvalue weighted by Gasteiger charge is 2.19. The molecule has 1 fully saturated rings. The molecule has 3 nitrogen and oxygen atoms in total. The summed E-state index contributed by atoms with van der Waals surface area (Å²) in [4.78, 5) is 2.26. The minimum atomic E-state index is 0.757. The van der Waals surface area contributed by atoms with Gasteiger partial charge in [-0.25, -0.2) is 5.43 Å². The molecule has 0 unspecified atom stereocenters. The zero-order chi connectivity index (χ0) is 12.4. The van der Waals surface area contributed by atoms with Crippen molar-refractivity contribution in [1.29, 1.82) is 0 Å². The third-order valence-corrected chi connectivity index (χ3v) is 3.24. The van der Waals surface area contributed by atoms with E-state index in [1.54, 1.807) is 0 Å². The molecule has 2 aromatic carbocycles. The molecule has 1 heterocycles. The Hall–Kier alpha value is -1.71. The average molecular weight is 260 g/mol. The van der Waals surface area contributed by atoms with Crippen molar-refractivity contribution < 1.29 is 0 Å². The molecule has 0 saturated carbocycles. The van der Waals surface area contributed by atoms with Crippen molar-refractivity contribution in [3.63, 3.8) is 0 Å².